The van der Waals surface area contributed by atoms with Crippen LogP contribution in [0.3, 0.4) is 0 Å². The minimum absolute atomic E-state index is 0.187. The van der Waals surface area contributed by atoms with Crippen LogP contribution in [0, 0.1) is 12.7 Å². The second kappa shape index (κ2) is 5.74. The Labute approximate surface area is 117 Å². The number of nitrogen functional groups attached to an aromatic ring is 1. The van der Waals surface area contributed by atoms with E-state index in [4.69, 9.17) is 5.73 Å². The van der Waals surface area contributed by atoms with Crippen LogP contribution in [0.2, 0.25) is 0 Å². The molecule has 2 rings (SSSR count). The predicted octanol–water partition coefficient (Wildman–Crippen LogP) is 3.38. The van der Waals surface area contributed by atoms with Crippen molar-refractivity contribution in [1.29, 1.82) is 0 Å². The van der Waals surface area contributed by atoms with Crippen molar-refractivity contribution in [2.24, 2.45) is 0 Å². The first-order valence-corrected chi connectivity index (χ1v) is 6.46. The third-order valence-corrected chi connectivity index (χ3v) is 3.15. The number of carbonyl (C=O) groups excluding carboxylic acids is 1. The Bertz CT molecular complexity index is 623. The molecule has 1 amide bonds. The topological polar surface area (TPSA) is 46.3 Å². The molecule has 104 valence electrons. The lowest BCUT2D eigenvalue weighted by Crippen LogP contribution is -2.31. The van der Waals surface area contributed by atoms with Gasteiger partial charge < -0.3 is 10.6 Å². The first-order valence-electron chi connectivity index (χ1n) is 6.46. The number of rotatable bonds is 3. The highest BCUT2D eigenvalue weighted by Gasteiger charge is 2.18. The molecule has 0 unspecified atom stereocenters. The fraction of sp³-hybridized carbons (Fsp3) is 0.188. The summed E-state index contributed by atoms with van der Waals surface area (Å²) in [5.74, 6) is -0.768. The van der Waals surface area contributed by atoms with Crippen molar-refractivity contribution in [1.82, 2.24) is 0 Å². The van der Waals surface area contributed by atoms with E-state index in [2.05, 4.69) is 0 Å². The highest BCUT2D eigenvalue weighted by atomic mass is 19.1. The van der Waals surface area contributed by atoms with Crippen LogP contribution >= 0.6 is 0 Å². The van der Waals surface area contributed by atoms with Crippen molar-refractivity contribution in [3.05, 3.63) is 59.4 Å². The van der Waals surface area contributed by atoms with E-state index in [-0.39, 0.29) is 17.2 Å². The number of carbonyl (C=O) groups is 1. The molecule has 0 heterocycles. The summed E-state index contributed by atoms with van der Waals surface area (Å²) in [7, 11) is 0. The van der Waals surface area contributed by atoms with Gasteiger partial charge in [-0.05, 0) is 44.2 Å². The average molecular weight is 272 g/mol. The zero-order valence-electron chi connectivity index (χ0n) is 11.6. The number of hydrogen-bond donors (Lipinski definition) is 1. The number of nitrogens with two attached hydrogens (primary N) is 1. The minimum atomic E-state index is -0.470. The highest BCUT2D eigenvalue weighted by molar-refractivity contribution is 6.09. The smallest absolute Gasteiger partial charge is 0.260 e. The van der Waals surface area contributed by atoms with E-state index in [1.54, 1.807) is 4.90 Å². The van der Waals surface area contributed by atoms with Crippen LogP contribution in [-0.2, 0) is 0 Å². The highest BCUT2D eigenvalue weighted by Crippen LogP contribution is 2.21. The summed E-state index contributed by atoms with van der Waals surface area (Å²) in [6.07, 6.45) is 0. The molecule has 2 aromatic rings. The van der Waals surface area contributed by atoms with Gasteiger partial charge >= 0.3 is 0 Å². The molecule has 0 bridgehead atoms. The molecule has 0 saturated heterocycles. The van der Waals surface area contributed by atoms with Gasteiger partial charge in [-0.1, -0.05) is 17.7 Å². The Morgan fingerprint density at radius 3 is 2.45 bits per heavy atom. The SMILES string of the molecule is CCN(C(=O)c1cc(F)ccc1N)c1ccc(C)cc1. The van der Waals surface area contributed by atoms with Crippen molar-refractivity contribution < 1.29 is 9.18 Å². The monoisotopic (exact) mass is 272 g/mol. The number of nitrogens with zero attached hydrogens (tertiary/aromatic N) is 1. The van der Waals surface area contributed by atoms with Crippen molar-refractivity contribution >= 4 is 17.3 Å². The van der Waals surface area contributed by atoms with Crippen molar-refractivity contribution in [2.75, 3.05) is 17.2 Å². The molecular weight excluding hydrogens is 255 g/mol. The van der Waals surface area contributed by atoms with Crippen molar-refractivity contribution in [3.8, 4) is 0 Å². The number of anilines is 2. The maximum atomic E-state index is 13.3. The van der Waals surface area contributed by atoms with Gasteiger partial charge in [-0.15, -0.1) is 0 Å². The Morgan fingerprint density at radius 2 is 1.85 bits per heavy atom. The predicted molar refractivity (Wildman–Crippen MR) is 79.3 cm³/mol. The van der Waals surface area contributed by atoms with E-state index in [0.717, 1.165) is 11.3 Å². The minimum Gasteiger partial charge on any atom is -0.398 e. The average Bonchev–Trinajstić information content (AvgIpc) is 2.44. The summed E-state index contributed by atoms with van der Waals surface area (Å²) in [6, 6.07) is 11.4. The Morgan fingerprint density at radius 1 is 1.20 bits per heavy atom. The van der Waals surface area contributed by atoms with E-state index < -0.39 is 5.82 Å². The van der Waals surface area contributed by atoms with Gasteiger partial charge in [-0.25, -0.2) is 4.39 Å². The summed E-state index contributed by atoms with van der Waals surface area (Å²) in [6.45, 7) is 4.33. The zero-order chi connectivity index (χ0) is 14.7. The number of aryl methyl sites for hydroxylation is 1. The van der Waals surface area contributed by atoms with Crippen LogP contribution < -0.4 is 10.6 Å². The maximum Gasteiger partial charge on any atom is 0.260 e. The summed E-state index contributed by atoms with van der Waals surface area (Å²) in [4.78, 5) is 14.1. The molecule has 0 saturated carbocycles. The second-order valence-corrected chi connectivity index (χ2v) is 4.62. The van der Waals surface area contributed by atoms with Gasteiger partial charge in [0.2, 0.25) is 0 Å². The number of amides is 1. The van der Waals surface area contributed by atoms with Gasteiger partial charge in [-0.3, -0.25) is 4.79 Å². The van der Waals surface area contributed by atoms with E-state index in [1.165, 1.54) is 18.2 Å². The molecular formula is C16H17FN2O. The van der Waals surface area contributed by atoms with Gasteiger partial charge in [0.25, 0.3) is 5.91 Å². The third kappa shape index (κ3) is 2.79. The quantitative estimate of drug-likeness (QED) is 0.871. The molecule has 4 heteroatoms. The first-order chi connectivity index (χ1) is 9.52. The van der Waals surface area contributed by atoms with E-state index >= 15 is 0 Å². The molecule has 0 aliphatic heterocycles. The first kappa shape index (κ1) is 14.1. The number of halogens is 1. The third-order valence-electron chi connectivity index (χ3n) is 3.15. The molecule has 20 heavy (non-hydrogen) atoms. The van der Waals surface area contributed by atoms with Gasteiger partial charge in [0.05, 0.1) is 5.56 Å². The van der Waals surface area contributed by atoms with E-state index in [9.17, 15) is 9.18 Å². The molecule has 0 aliphatic carbocycles. The molecule has 0 radical (unpaired) electrons. The van der Waals surface area contributed by atoms with E-state index in [0.29, 0.717) is 6.54 Å². The Balaban J connectivity index is 2.38. The largest absolute Gasteiger partial charge is 0.398 e. The van der Waals surface area contributed by atoms with E-state index in [1.807, 2.05) is 38.1 Å². The lowest BCUT2D eigenvalue weighted by molar-refractivity contribution is 0.0988. The zero-order valence-corrected chi connectivity index (χ0v) is 11.6. The van der Waals surface area contributed by atoms with Crippen molar-refractivity contribution in [3.63, 3.8) is 0 Å². The van der Waals surface area contributed by atoms with Gasteiger partial charge in [0.1, 0.15) is 5.82 Å². The number of hydrogen-bond acceptors (Lipinski definition) is 2. The molecule has 0 atom stereocenters. The molecule has 2 N–H and O–H groups in total. The molecule has 2 aromatic carbocycles. The molecule has 3 nitrogen and oxygen atoms in total. The Hall–Kier alpha value is -2.36. The van der Waals surface area contributed by atoms with Gasteiger partial charge in [-0.2, -0.15) is 0 Å². The van der Waals surface area contributed by atoms with Gasteiger partial charge in [0.15, 0.2) is 0 Å². The van der Waals surface area contributed by atoms with Crippen LogP contribution in [0.1, 0.15) is 22.8 Å². The number of benzene rings is 2. The van der Waals surface area contributed by atoms with Crippen LogP contribution in [0.15, 0.2) is 42.5 Å². The lowest BCUT2D eigenvalue weighted by atomic mass is 10.1. The Kier molecular flexibility index (Phi) is 4.03. The second-order valence-electron chi connectivity index (χ2n) is 4.62. The van der Waals surface area contributed by atoms with Crippen LogP contribution in [0.4, 0.5) is 15.8 Å². The molecule has 0 aromatic heterocycles. The molecule has 0 fully saturated rings. The fourth-order valence-electron chi connectivity index (χ4n) is 2.03. The summed E-state index contributed by atoms with van der Waals surface area (Å²) in [5.41, 5.74) is 8.12. The van der Waals surface area contributed by atoms with Crippen LogP contribution in [0.5, 0.6) is 0 Å². The summed E-state index contributed by atoms with van der Waals surface area (Å²) < 4.78 is 13.3. The summed E-state index contributed by atoms with van der Waals surface area (Å²) >= 11 is 0. The van der Waals surface area contributed by atoms with Crippen molar-refractivity contribution in [2.45, 2.75) is 13.8 Å². The van der Waals surface area contributed by atoms with Crippen LogP contribution in [0.25, 0.3) is 0 Å². The molecule has 0 aliphatic rings. The van der Waals surface area contributed by atoms with Gasteiger partial charge in [0, 0.05) is 17.9 Å². The maximum absolute atomic E-state index is 13.3. The van der Waals surface area contributed by atoms with Crippen LogP contribution in [-0.4, -0.2) is 12.5 Å². The lowest BCUT2D eigenvalue weighted by Gasteiger charge is -2.22. The normalized spacial score (nSPS) is 10.3. The molecule has 0 spiro atoms. The standard InChI is InChI=1S/C16H17FN2O/c1-3-19(13-7-4-11(2)5-8-13)16(20)14-10-12(17)6-9-15(14)18/h4-10H,3,18H2,1-2H3. The fourth-order valence-corrected chi connectivity index (χ4v) is 2.03. The summed E-state index contributed by atoms with van der Waals surface area (Å²) in [5, 5.41) is 0.